The molecule has 2 aliphatic rings. The quantitative estimate of drug-likeness (QED) is 0.244. The summed E-state index contributed by atoms with van der Waals surface area (Å²) in [5.74, 6) is 0.744. The van der Waals surface area contributed by atoms with Crippen molar-refractivity contribution in [3.8, 4) is 45.0 Å². The second-order valence-corrected chi connectivity index (χ2v) is 11.0. The first-order chi connectivity index (χ1) is 19.1. The summed E-state index contributed by atoms with van der Waals surface area (Å²) in [7, 11) is 0. The Kier molecular flexibility index (Phi) is 5.63. The van der Waals surface area contributed by atoms with Crippen molar-refractivity contribution in [2.45, 2.75) is 32.1 Å². The van der Waals surface area contributed by atoms with Gasteiger partial charge >= 0.3 is 0 Å². The van der Waals surface area contributed by atoms with E-state index in [1.807, 2.05) is 18.2 Å². The lowest BCUT2D eigenvalue weighted by atomic mass is 9.82. The Morgan fingerprint density at radius 2 is 1.23 bits per heavy atom. The number of hydrogen-bond donors (Lipinski definition) is 0. The van der Waals surface area contributed by atoms with E-state index in [1.54, 1.807) is 0 Å². The standard InChI is InChI=1S/C37H30N2/c1-37(2)32-16-10-9-15-30(32)31-22-21-29(23-33(31)37)35-24-34(38-36(39-35)28-13-7-4-8-14-28)27-19-17-26(18-20-27)25-11-5-3-6-12-25/h4-5,7-24H,3,6H2,1-2H3. The predicted octanol–water partition coefficient (Wildman–Crippen LogP) is 9.52. The van der Waals surface area contributed by atoms with Gasteiger partial charge in [-0.3, -0.25) is 0 Å². The van der Waals surface area contributed by atoms with E-state index in [4.69, 9.17) is 9.97 Å². The highest BCUT2D eigenvalue weighted by molar-refractivity contribution is 5.84. The van der Waals surface area contributed by atoms with Gasteiger partial charge in [0, 0.05) is 22.1 Å². The molecule has 39 heavy (non-hydrogen) atoms. The molecule has 2 aliphatic carbocycles. The molecule has 7 rings (SSSR count). The molecule has 0 radical (unpaired) electrons. The van der Waals surface area contributed by atoms with E-state index in [0.717, 1.165) is 46.7 Å². The molecular formula is C37H30N2. The highest BCUT2D eigenvalue weighted by atomic mass is 14.9. The third-order valence-corrected chi connectivity index (χ3v) is 8.15. The Hall–Kier alpha value is -4.56. The lowest BCUT2D eigenvalue weighted by molar-refractivity contribution is 0.660. The van der Waals surface area contributed by atoms with Gasteiger partial charge < -0.3 is 0 Å². The van der Waals surface area contributed by atoms with Crippen LogP contribution in [-0.4, -0.2) is 9.97 Å². The van der Waals surface area contributed by atoms with Gasteiger partial charge in [0.1, 0.15) is 0 Å². The molecule has 0 saturated heterocycles. The molecule has 2 heteroatoms. The van der Waals surface area contributed by atoms with Crippen molar-refractivity contribution in [1.82, 2.24) is 9.97 Å². The molecular weight excluding hydrogens is 472 g/mol. The predicted molar refractivity (Wildman–Crippen MR) is 162 cm³/mol. The van der Waals surface area contributed by atoms with E-state index < -0.39 is 0 Å². The smallest absolute Gasteiger partial charge is 0.160 e. The summed E-state index contributed by atoms with van der Waals surface area (Å²) >= 11 is 0. The Bertz CT molecular complexity index is 1760. The molecule has 0 unspecified atom stereocenters. The number of hydrogen-bond acceptors (Lipinski definition) is 2. The maximum absolute atomic E-state index is 5.08. The summed E-state index contributed by atoms with van der Waals surface area (Å²) in [6.45, 7) is 4.64. The first kappa shape index (κ1) is 23.5. The van der Waals surface area contributed by atoms with E-state index in [-0.39, 0.29) is 5.41 Å². The maximum atomic E-state index is 5.08. The molecule has 5 aromatic rings. The summed E-state index contributed by atoms with van der Waals surface area (Å²) in [5.41, 5.74) is 13.0. The van der Waals surface area contributed by atoms with Crippen LogP contribution in [0.2, 0.25) is 0 Å². The minimum atomic E-state index is -0.0574. The molecule has 1 heterocycles. The average Bonchev–Trinajstić information content (AvgIpc) is 3.24. The lowest BCUT2D eigenvalue weighted by Crippen LogP contribution is -2.14. The number of nitrogens with zero attached hydrogens (tertiary/aromatic N) is 2. The van der Waals surface area contributed by atoms with Gasteiger partial charge in [0.05, 0.1) is 11.4 Å². The van der Waals surface area contributed by atoms with Crippen LogP contribution in [0.4, 0.5) is 0 Å². The Morgan fingerprint density at radius 3 is 2.00 bits per heavy atom. The van der Waals surface area contributed by atoms with E-state index in [0.29, 0.717) is 0 Å². The number of aromatic nitrogens is 2. The molecule has 2 nitrogen and oxygen atoms in total. The third-order valence-electron chi connectivity index (χ3n) is 8.15. The van der Waals surface area contributed by atoms with Crippen LogP contribution in [-0.2, 0) is 5.41 Å². The first-order valence-corrected chi connectivity index (χ1v) is 13.7. The Morgan fingerprint density at radius 1 is 0.564 bits per heavy atom. The van der Waals surface area contributed by atoms with E-state index in [1.165, 1.54) is 33.4 Å². The summed E-state index contributed by atoms with van der Waals surface area (Å²) in [6, 6.07) is 36.8. The van der Waals surface area contributed by atoms with Crippen molar-refractivity contribution in [3.05, 3.63) is 138 Å². The van der Waals surface area contributed by atoms with E-state index >= 15 is 0 Å². The minimum Gasteiger partial charge on any atom is -0.228 e. The number of rotatable bonds is 4. The van der Waals surface area contributed by atoms with Crippen LogP contribution in [0.1, 0.15) is 43.4 Å². The lowest BCUT2D eigenvalue weighted by Gasteiger charge is -2.22. The fourth-order valence-electron chi connectivity index (χ4n) is 5.98. The fourth-order valence-corrected chi connectivity index (χ4v) is 5.98. The van der Waals surface area contributed by atoms with Crippen molar-refractivity contribution in [2.75, 3.05) is 0 Å². The van der Waals surface area contributed by atoms with E-state index in [9.17, 15) is 0 Å². The molecule has 4 aromatic carbocycles. The number of fused-ring (bicyclic) bond motifs is 3. The van der Waals surface area contributed by atoms with Gasteiger partial charge in [0.25, 0.3) is 0 Å². The van der Waals surface area contributed by atoms with Crippen LogP contribution in [0.5, 0.6) is 0 Å². The van der Waals surface area contributed by atoms with Gasteiger partial charge in [-0.2, -0.15) is 0 Å². The topological polar surface area (TPSA) is 25.8 Å². The van der Waals surface area contributed by atoms with Crippen LogP contribution in [0, 0.1) is 0 Å². The number of allylic oxidation sites excluding steroid dienone is 4. The van der Waals surface area contributed by atoms with Crippen LogP contribution in [0.25, 0.3) is 50.6 Å². The summed E-state index contributed by atoms with van der Waals surface area (Å²) in [6.07, 6.45) is 9.02. The summed E-state index contributed by atoms with van der Waals surface area (Å²) in [5, 5.41) is 0. The molecule has 0 spiro atoms. The van der Waals surface area contributed by atoms with Crippen molar-refractivity contribution >= 4 is 5.57 Å². The highest BCUT2D eigenvalue weighted by Gasteiger charge is 2.35. The zero-order chi connectivity index (χ0) is 26.4. The zero-order valence-corrected chi connectivity index (χ0v) is 22.4. The van der Waals surface area contributed by atoms with Crippen LogP contribution in [0.15, 0.2) is 121 Å². The normalized spacial score (nSPS) is 15.0. The third kappa shape index (κ3) is 4.13. The van der Waals surface area contributed by atoms with Gasteiger partial charge in [-0.25, -0.2) is 9.97 Å². The summed E-state index contributed by atoms with van der Waals surface area (Å²) < 4.78 is 0. The molecule has 188 valence electrons. The van der Waals surface area contributed by atoms with Gasteiger partial charge in [-0.1, -0.05) is 123 Å². The second kappa shape index (κ2) is 9.32. The van der Waals surface area contributed by atoms with Crippen molar-refractivity contribution in [2.24, 2.45) is 0 Å². The van der Waals surface area contributed by atoms with Crippen LogP contribution in [0.3, 0.4) is 0 Å². The fraction of sp³-hybridized carbons (Fsp3) is 0.135. The molecule has 0 fully saturated rings. The van der Waals surface area contributed by atoms with Gasteiger partial charge in [0.15, 0.2) is 5.82 Å². The minimum absolute atomic E-state index is 0.0574. The maximum Gasteiger partial charge on any atom is 0.160 e. The Balaban J connectivity index is 1.34. The van der Waals surface area contributed by atoms with Crippen LogP contribution < -0.4 is 0 Å². The molecule has 0 atom stereocenters. The average molecular weight is 503 g/mol. The second-order valence-electron chi connectivity index (χ2n) is 11.0. The zero-order valence-electron chi connectivity index (χ0n) is 22.4. The van der Waals surface area contributed by atoms with Gasteiger partial charge in [-0.15, -0.1) is 0 Å². The Labute approximate surface area is 230 Å². The molecule has 0 aliphatic heterocycles. The highest BCUT2D eigenvalue weighted by Crippen LogP contribution is 2.49. The van der Waals surface area contributed by atoms with E-state index in [2.05, 4.69) is 117 Å². The monoisotopic (exact) mass is 502 g/mol. The molecule has 0 N–H and O–H groups in total. The molecule has 0 bridgehead atoms. The van der Waals surface area contributed by atoms with Crippen molar-refractivity contribution in [1.29, 1.82) is 0 Å². The largest absolute Gasteiger partial charge is 0.228 e. The van der Waals surface area contributed by atoms with Crippen molar-refractivity contribution < 1.29 is 0 Å². The van der Waals surface area contributed by atoms with Gasteiger partial charge in [-0.05, 0) is 58.4 Å². The molecule has 0 saturated carbocycles. The SMILES string of the molecule is CC1(C)c2ccccc2-c2ccc(-c3cc(-c4ccc(C5=CCCC=C5)cc4)nc(-c4ccccc4)n3)cc21. The molecule has 1 aromatic heterocycles. The first-order valence-electron chi connectivity index (χ1n) is 13.7. The number of benzene rings is 4. The summed E-state index contributed by atoms with van der Waals surface area (Å²) in [4.78, 5) is 10.1. The van der Waals surface area contributed by atoms with Gasteiger partial charge in [0.2, 0.25) is 0 Å². The van der Waals surface area contributed by atoms with Crippen molar-refractivity contribution in [3.63, 3.8) is 0 Å². The molecule has 0 amide bonds. The van der Waals surface area contributed by atoms with Crippen LogP contribution >= 0.6 is 0 Å².